The number of methoxy groups -OCH3 is 1. The fourth-order valence-corrected chi connectivity index (χ4v) is 2.75. The van der Waals surface area contributed by atoms with E-state index < -0.39 is 12.0 Å². The molecule has 2 N–H and O–H groups in total. The number of likely N-dealkylation sites (tertiary alicyclic amines) is 1. The fraction of sp³-hybridized carbons (Fsp3) is 0.467. The van der Waals surface area contributed by atoms with Crippen molar-refractivity contribution in [1.82, 2.24) is 4.90 Å². The third kappa shape index (κ3) is 3.69. The lowest BCUT2D eigenvalue weighted by atomic mass is 10.2. The maximum Gasteiger partial charge on any atom is 0.320 e. The van der Waals surface area contributed by atoms with E-state index in [9.17, 15) is 9.59 Å². The molecule has 0 aromatic heterocycles. The second-order valence-corrected chi connectivity index (χ2v) is 5.72. The van der Waals surface area contributed by atoms with E-state index in [2.05, 4.69) is 5.32 Å². The van der Waals surface area contributed by atoms with Crippen molar-refractivity contribution in [2.24, 2.45) is 0 Å². The van der Waals surface area contributed by atoms with E-state index in [1.807, 2.05) is 6.92 Å². The largest absolute Gasteiger partial charge is 0.495 e. The van der Waals surface area contributed by atoms with Crippen LogP contribution in [0.25, 0.3) is 0 Å². The second-order valence-electron chi connectivity index (χ2n) is 5.32. The van der Waals surface area contributed by atoms with Gasteiger partial charge in [0.1, 0.15) is 11.8 Å². The lowest BCUT2D eigenvalue weighted by Crippen LogP contribution is -2.40. The Labute approximate surface area is 134 Å². The van der Waals surface area contributed by atoms with Crippen LogP contribution < -0.4 is 10.1 Å². The molecule has 1 atom stereocenters. The highest BCUT2D eigenvalue weighted by Gasteiger charge is 2.31. The molecule has 2 rings (SSSR count). The summed E-state index contributed by atoms with van der Waals surface area (Å²) in [6.07, 6.45) is 1.36. The van der Waals surface area contributed by atoms with Gasteiger partial charge in [-0.05, 0) is 37.9 Å². The number of carbonyl (C=O) groups excluding carboxylic acids is 1. The Morgan fingerprint density at radius 3 is 2.86 bits per heavy atom. The summed E-state index contributed by atoms with van der Waals surface area (Å²) in [4.78, 5) is 25.0. The molecule has 0 aliphatic carbocycles. The van der Waals surface area contributed by atoms with E-state index in [1.165, 1.54) is 7.11 Å². The lowest BCUT2D eigenvalue weighted by Gasteiger charge is -2.20. The van der Waals surface area contributed by atoms with Crippen LogP contribution in [0.15, 0.2) is 12.1 Å². The molecule has 22 heavy (non-hydrogen) atoms. The van der Waals surface area contributed by atoms with Gasteiger partial charge in [0.2, 0.25) is 5.91 Å². The van der Waals surface area contributed by atoms with Crippen molar-refractivity contribution in [3.63, 3.8) is 0 Å². The first-order valence-electron chi connectivity index (χ1n) is 7.03. The minimum Gasteiger partial charge on any atom is -0.495 e. The molecule has 0 spiro atoms. The van der Waals surface area contributed by atoms with Gasteiger partial charge in [0.15, 0.2) is 0 Å². The number of carboxylic acid groups (broad SMARTS) is 1. The number of nitrogens with zero attached hydrogens (tertiary/aromatic N) is 1. The van der Waals surface area contributed by atoms with Gasteiger partial charge in [-0.3, -0.25) is 14.5 Å². The van der Waals surface area contributed by atoms with Crippen LogP contribution in [-0.4, -0.2) is 48.1 Å². The molecule has 0 bridgehead atoms. The number of ether oxygens (including phenoxy) is 1. The number of amides is 1. The number of benzene rings is 1. The molecule has 1 aliphatic heterocycles. The molecule has 1 aromatic rings. The molecule has 1 heterocycles. The second kappa shape index (κ2) is 6.98. The van der Waals surface area contributed by atoms with E-state index >= 15 is 0 Å². The molecular weight excluding hydrogens is 308 g/mol. The monoisotopic (exact) mass is 326 g/mol. The average molecular weight is 327 g/mol. The van der Waals surface area contributed by atoms with Crippen LogP contribution in [0.4, 0.5) is 5.69 Å². The summed E-state index contributed by atoms with van der Waals surface area (Å²) in [5, 5.41) is 12.4. The zero-order valence-electron chi connectivity index (χ0n) is 12.6. The normalized spacial score (nSPS) is 18.2. The van der Waals surface area contributed by atoms with Crippen LogP contribution in [0.5, 0.6) is 5.75 Å². The molecule has 1 aliphatic rings. The van der Waals surface area contributed by atoms with Gasteiger partial charge in [-0.1, -0.05) is 11.6 Å². The molecule has 6 nitrogen and oxygen atoms in total. The summed E-state index contributed by atoms with van der Waals surface area (Å²) >= 11 is 6.03. The SMILES string of the molecule is COc1cc(Cl)c(C)cc1NC(=O)CN1CCC[C@H]1C(=O)O. The van der Waals surface area contributed by atoms with Gasteiger partial charge in [-0.15, -0.1) is 0 Å². The van der Waals surface area contributed by atoms with Crippen molar-refractivity contribution in [2.75, 3.05) is 25.5 Å². The van der Waals surface area contributed by atoms with Crippen molar-refractivity contribution in [1.29, 1.82) is 0 Å². The zero-order valence-corrected chi connectivity index (χ0v) is 13.3. The van der Waals surface area contributed by atoms with E-state index in [1.54, 1.807) is 17.0 Å². The van der Waals surface area contributed by atoms with Crippen molar-refractivity contribution in [2.45, 2.75) is 25.8 Å². The number of hydrogen-bond donors (Lipinski definition) is 2. The average Bonchev–Trinajstić information content (AvgIpc) is 2.90. The number of halogens is 1. The number of carboxylic acids is 1. The fourth-order valence-electron chi connectivity index (χ4n) is 2.60. The molecule has 7 heteroatoms. The van der Waals surface area contributed by atoms with E-state index in [-0.39, 0.29) is 12.5 Å². The highest BCUT2D eigenvalue weighted by molar-refractivity contribution is 6.31. The molecule has 120 valence electrons. The van der Waals surface area contributed by atoms with Gasteiger partial charge in [-0.25, -0.2) is 0 Å². The number of nitrogens with one attached hydrogen (secondary N) is 1. The predicted molar refractivity (Wildman–Crippen MR) is 83.6 cm³/mol. The van der Waals surface area contributed by atoms with E-state index in [0.717, 1.165) is 12.0 Å². The number of anilines is 1. The maximum atomic E-state index is 12.2. The number of carbonyl (C=O) groups is 2. The van der Waals surface area contributed by atoms with Gasteiger partial charge in [0, 0.05) is 11.1 Å². The number of hydrogen-bond acceptors (Lipinski definition) is 4. The molecule has 1 aromatic carbocycles. The molecule has 0 unspecified atom stereocenters. The quantitative estimate of drug-likeness (QED) is 0.866. The number of rotatable bonds is 5. The molecule has 1 fully saturated rings. The van der Waals surface area contributed by atoms with E-state index in [0.29, 0.717) is 29.4 Å². The molecular formula is C15H19ClN2O4. The van der Waals surface area contributed by atoms with Gasteiger partial charge < -0.3 is 15.2 Å². The van der Waals surface area contributed by atoms with Crippen LogP contribution in [-0.2, 0) is 9.59 Å². The van der Waals surface area contributed by atoms with Crippen LogP contribution in [0.1, 0.15) is 18.4 Å². The van der Waals surface area contributed by atoms with Gasteiger partial charge in [0.05, 0.1) is 19.3 Å². The summed E-state index contributed by atoms with van der Waals surface area (Å²) in [6, 6.07) is 2.79. The topological polar surface area (TPSA) is 78.9 Å². The maximum absolute atomic E-state index is 12.2. The van der Waals surface area contributed by atoms with Gasteiger partial charge in [0.25, 0.3) is 0 Å². The molecule has 1 saturated heterocycles. The third-order valence-electron chi connectivity index (χ3n) is 3.75. The standard InChI is InChI=1S/C15H19ClN2O4/c1-9-6-11(13(22-2)7-10(9)16)17-14(19)8-18-5-3-4-12(18)15(20)21/h6-7,12H,3-5,8H2,1-2H3,(H,17,19)(H,20,21)/t12-/m0/s1. The number of aryl methyl sites for hydroxylation is 1. The zero-order chi connectivity index (χ0) is 16.3. The van der Waals surface area contributed by atoms with Crippen LogP contribution in [0, 0.1) is 6.92 Å². The third-order valence-corrected chi connectivity index (χ3v) is 4.16. The van der Waals surface area contributed by atoms with Crippen molar-refractivity contribution in [3.8, 4) is 5.75 Å². The Kier molecular flexibility index (Phi) is 5.26. The lowest BCUT2D eigenvalue weighted by molar-refractivity contribution is -0.142. The Morgan fingerprint density at radius 1 is 1.50 bits per heavy atom. The van der Waals surface area contributed by atoms with Crippen LogP contribution in [0.3, 0.4) is 0 Å². The summed E-state index contributed by atoms with van der Waals surface area (Å²) in [7, 11) is 1.50. The Balaban J connectivity index is 2.06. The summed E-state index contributed by atoms with van der Waals surface area (Å²) in [5.41, 5.74) is 1.35. The summed E-state index contributed by atoms with van der Waals surface area (Å²) in [5.74, 6) is -0.682. The minimum atomic E-state index is -0.884. The van der Waals surface area contributed by atoms with Crippen molar-refractivity contribution in [3.05, 3.63) is 22.7 Å². The molecule has 0 saturated carbocycles. The first-order valence-corrected chi connectivity index (χ1v) is 7.41. The Morgan fingerprint density at radius 2 is 2.23 bits per heavy atom. The van der Waals surface area contributed by atoms with E-state index in [4.69, 9.17) is 21.4 Å². The minimum absolute atomic E-state index is 0.0434. The molecule has 1 amide bonds. The highest BCUT2D eigenvalue weighted by Crippen LogP contribution is 2.31. The van der Waals surface area contributed by atoms with Gasteiger partial charge in [-0.2, -0.15) is 0 Å². The predicted octanol–water partition coefficient (Wildman–Crippen LogP) is 2.14. The molecule has 0 radical (unpaired) electrons. The summed E-state index contributed by atoms with van der Waals surface area (Å²) < 4.78 is 5.20. The van der Waals surface area contributed by atoms with Gasteiger partial charge >= 0.3 is 5.97 Å². The van der Waals surface area contributed by atoms with Crippen LogP contribution >= 0.6 is 11.6 Å². The van der Waals surface area contributed by atoms with Crippen molar-refractivity contribution < 1.29 is 19.4 Å². The number of aliphatic carboxylic acids is 1. The van der Waals surface area contributed by atoms with Crippen molar-refractivity contribution >= 4 is 29.2 Å². The summed E-state index contributed by atoms with van der Waals surface area (Å²) in [6.45, 7) is 2.49. The van der Waals surface area contributed by atoms with Crippen LogP contribution in [0.2, 0.25) is 5.02 Å². The highest BCUT2D eigenvalue weighted by atomic mass is 35.5. The Hall–Kier alpha value is -1.79. The smallest absolute Gasteiger partial charge is 0.320 e. The Bertz CT molecular complexity index is 591. The first kappa shape index (κ1) is 16.6. The first-order chi connectivity index (χ1) is 10.4.